The number of aryl methyl sites for hydroxylation is 1. The van der Waals surface area contributed by atoms with E-state index in [-0.39, 0.29) is 6.10 Å². The molecule has 1 aromatic carbocycles. The molecule has 0 aliphatic carbocycles. The highest BCUT2D eigenvalue weighted by Crippen LogP contribution is 2.39. The van der Waals surface area contributed by atoms with Crippen LogP contribution in [0.3, 0.4) is 0 Å². The van der Waals surface area contributed by atoms with Gasteiger partial charge in [-0.15, -0.1) is 0 Å². The Morgan fingerprint density at radius 1 is 1.38 bits per heavy atom. The highest BCUT2D eigenvalue weighted by atomic mass is 16.5. The smallest absolute Gasteiger partial charge is 0.125 e. The van der Waals surface area contributed by atoms with Crippen LogP contribution < -0.4 is 9.47 Å². The summed E-state index contributed by atoms with van der Waals surface area (Å²) in [6, 6.07) is 7.60. The summed E-state index contributed by atoms with van der Waals surface area (Å²) in [4.78, 5) is 4.23. The second kappa shape index (κ2) is 5.37. The van der Waals surface area contributed by atoms with Crippen molar-refractivity contribution in [1.82, 2.24) is 4.98 Å². The molecular formula is C17H19NO3. The van der Waals surface area contributed by atoms with Gasteiger partial charge in [0.15, 0.2) is 0 Å². The Labute approximate surface area is 124 Å². The van der Waals surface area contributed by atoms with E-state index in [2.05, 4.69) is 4.98 Å². The third kappa shape index (κ3) is 2.59. The van der Waals surface area contributed by atoms with Gasteiger partial charge in [0, 0.05) is 35.0 Å². The van der Waals surface area contributed by atoms with Gasteiger partial charge >= 0.3 is 0 Å². The van der Waals surface area contributed by atoms with Crippen molar-refractivity contribution in [2.24, 2.45) is 0 Å². The minimum Gasteiger partial charge on any atom is -0.496 e. The van der Waals surface area contributed by atoms with Crippen molar-refractivity contribution < 1.29 is 14.6 Å². The lowest BCUT2D eigenvalue weighted by molar-refractivity contribution is 0.212. The van der Waals surface area contributed by atoms with Crippen LogP contribution in [0.5, 0.6) is 11.5 Å². The number of rotatable bonds is 3. The van der Waals surface area contributed by atoms with E-state index in [1.807, 2.05) is 38.1 Å². The van der Waals surface area contributed by atoms with E-state index in [1.54, 1.807) is 13.3 Å². The zero-order valence-electron chi connectivity index (χ0n) is 12.5. The van der Waals surface area contributed by atoms with Crippen LogP contribution in [-0.2, 0) is 6.42 Å². The number of ether oxygens (including phenoxy) is 2. The predicted molar refractivity (Wildman–Crippen MR) is 79.8 cm³/mol. The SMILES string of the molecule is COc1cc2c(cc1C(O)c1ccc(C)nc1)OC(C)C2. The number of aliphatic hydroxyl groups is 1. The minimum atomic E-state index is -0.780. The first-order valence-electron chi connectivity index (χ1n) is 7.06. The van der Waals surface area contributed by atoms with Crippen molar-refractivity contribution in [3.05, 3.63) is 52.8 Å². The largest absolute Gasteiger partial charge is 0.496 e. The van der Waals surface area contributed by atoms with Crippen molar-refractivity contribution >= 4 is 0 Å². The quantitative estimate of drug-likeness (QED) is 0.942. The Balaban J connectivity index is 2.01. The summed E-state index contributed by atoms with van der Waals surface area (Å²) in [5.41, 5.74) is 3.49. The van der Waals surface area contributed by atoms with E-state index in [9.17, 15) is 5.11 Å². The summed E-state index contributed by atoms with van der Waals surface area (Å²) < 4.78 is 11.2. The lowest BCUT2D eigenvalue weighted by atomic mass is 9.99. The number of fused-ring (bicyclic) bond motifs is 1. The van der Waals surface area contributed by atoms with E-state index >= 15 is 0 Å². The van der Waals surface area contributed by atoms with Gasteiger partial charge in [0.05, 0.1) is 7.11 Å². The topological polar surface area (TPSA) is 51.6 Å². The van der Waals surface area contributed by atoms with Crippen LogP contribution in [0.4, 0.5) is 0 Å². The molecule has 4 heteroatoms. The Morgan fingerprint density at radius 2 is 2.19 bits per heavy atom. The Kier molecular flexibility index (Phi) is 3.55. The zero-order valence-corrected chi connectivity index (χ0v) is 12.5. The van der Waals surface area contributed by atoms with Crippen molar-refractivity contribution in [2.45, 2.75) is 32.5 Å². The van der Waals surface area contributed by atoms with Crippen LogP contribution in [0.15, 0.2) is 30.5 Å². The number of hydrogen-bond donors (Lipinski definition) is 1. The lowest BCUT2D eigenvalue weighted by Gasteiger charge is -2.16. The molecule has 2 aromatic rings. The lowest BCUT2D eigenvalue weighted by Crippen LogP contribution is -2.05. The molecule has 21 heavy (non-hydrogen) atoms. The van der Waals surface area contributed by atoms with Gasteiger partial charge in [-0.25, -0.2) is 0 Å². The minimum absolute atomic E-state index is 0.165. The summed E-state index contributed by atoms with van der Waals surface area (Å²) >= 11 is 0. The van der Waals surface area contributed by atoms with Crippen LogP contribution >= 0.6 is 0 Å². The van der Waals surface area contributed by atoms with Crippen LogP contribution in [-0.4, -0.2) is 23.3 Å². The van der Waals surface area contributed by atoms with Gasteiger partial charge < -0.3 is 14.6 Å². The molecule has 1 aliphatic rings. The fourth-order valence-corrected chi connectivity index (χ4v) is 2.67. The summed E-state index contributed by atoms with van der Waals surface area (Å²) in [6.45, 7) is 3.95. The van der Waals surface area contributed by atoms with E-state index in [0.29, 0.717) is 11.3 Å². The zero-order chi connectivity index (χ0) is 15.0. The molecule has 3 rings (SSSR count). The van der Waals surface area contributed by atoms with Gasteiger partial charge in [0.25, 0.3) is 0 Å². The molecule has 0 amide bonds. The highest BCUT2D eigenvalue weighted by molar-refractivity contribution is 5.51. The van der Waals surface area contributed by atoms with E-state index < -0.39 is 6.10 Å². The number of pyridine rings is 1. The fourth-order valence-electron chi connectivity index (χ4n) is 2.67. The molecule has 1 N–H and O–H groups in total. The van der Waals surface area contributed by atoms with E-state index in [0.717, 1.165) is 29.0 Å². The fraction of sp³-hybridized carbons (Fsp3) is 0.353. The highest BCUT2D eigenvalue weighted by Gasteiger charge is 2.24. The Morgan fingerprint density at radius 3 is 2.86 bits per heavy atom. The summed E-state index contributed by atoms with van der Waals surface area (Å²) in [5, 5.41) is 10.6. The maximum atomic E-state index is 10.6. The number of benzene rings is 1. The molecule has 2 heterocycles. The molecule has 2 unspecified atom stereocenters. The van der Waals surface area contributed by atoms with Crippen molar-refractivity contribution in [3.63, 3.8) is 0 Å². The Hall–Kier alpha value is -2.07. The second-order valence-corrected chi connectivity index (χ2v) is 5.47. The maximum Gasteiger partial charge on any atom is 0.125 e. The van der Waals surface area contributed by atoms with E-state index in [1.165, 1.54) is 0 Å². The third-order valence-electron chi connectivity index (χ3n) is 3.79. The van der Waals surface area contributed by atoms with Gasteiger partial charge in [0.1, 0.15) is 23.7 Å². The molecule has 110 valence electrons. The molecule has 0 spiro atoms. The molecule has 0 saturated heterocycles. The number of aromatic nitrogens is 1. The van der Waals surface area contributed by atoms with Crippen LogP contribution in [0.1, 0.15) is 35.4 Å². The third-order valence-corrected chi connectivity index (χ3v) is 3.79. The number of nitrogens with zero attached hydrogens (tertiary/aromatic N) is 1. The molecule has 0 bridgehead atoms. The van der Waals surface area contributed by atoms with Crippen LogP contribution in [0.25, 0.3) is 0 Å². The first-order chi connectivity index (χ1) is 10.1. The molecule has 1 aromatic heterocycles. The molecule has 1 aliphatic heterocycles. The molecule has 0 radical (unpaired) electrons. The monoisotopic (exact) mass is 285 g/mol. The molecule has 2 atom stereocenters. The van der Waals surface area contributed by atoms with Crippen molar-refractivity contribution in [1.29, 1.82) is 0 Å². The van der Waals surface area contributed by atoms with Crippen molar-refractivity contribution in [3.8, 4) is 11.5 Å². The molecule has 0 saturated carbocycles. The predicted octanol–water partition coefficient (Wildman–Crippen LogP) is 2.80. The van der Waals surface area contributed by atoms with E-state index in [4.69, 9.17) is 9.47 Å². The molecular weight excluding hydrogens is 266 g/mol. The van der Waals surface area contributed by atoms with Crippen LogP contribution in [0, 0.1) is 6.92 Å². The van der Waals surface area contributed by atoms with Crippen LogP contribution in [0.2, 0.25) is 0 Å². The van der Waals surface area contributed by atoms with Gasteiger partial charge in [-0.3, -0.25) is 4.98 Å². The first kappa shape index (κ1) is 13.9. The average molecular weight is 285 g/mol. The number of hydrogen-bond acceptors (Lipinski definition) is 4. The average Bonchev–Trinajstić information content (AvgIpc) is 2.85. The van der Waals surface area contributed by atoms with Gasteiger partial charge in [-0.2, -0.15) is 0 Å². The molecule has 0 fully saturated rings. The summed E-state index contributed by atoms with van der Waals surface area (Å²) in [5.74, 6) is 1.51. The standard InChI is InChI=1S/C17H19NO3/c1-10-4-5-12(9-18-10)17(19)14-8-15-13(6-11(2)21-15)7-16(14)20-3/h4-5,7-9,11,17,19H,6H2,1-3H3. The number of aliphatic hydroxyl groups excluding tert-OH is 1. The second-order valence-electron chi connectivity index (χ2n) is 5.47. The summed E-state index contributed by atoms with van der Waals surface area (Å²) in [6.07, 6.45) is 1.95. The molecule has 4 nitrogen and oxygen atoms in total. The summed E-state index contributed by atoms with van der Waals surface area (Å²) in [7, 11) is 1.62. The maximum absolute atomic E-state index is 10.6. The Bertz CT molecular complexity index is 652. The normalized spacial score (nSPS) is 18.0. The van der Waals surface area contributed by atoms with Crippen molar-refractivity contribution in [2.75, 3.05) is 7.11 Å². The number of methoxy groups -OCH3 is 1. The van der Waals surface area contributed by atoms with Gasteiger partial charge in [-0.1, -0.05) is 6.07 Å². The first-order valence-corrected chi connectivity index (χ1v) is 7.06. The van der Waals surface area contributed by atoms with Gasteiger partial charge in [-0.05, 0) is 32.0 Å². The van der Waals surface area contributed by atoms with Gasteiger partial charge in [0.2, 0.25) is 0 Å².